The van der Waals surface area contributed by atoms with Gasteiger partial charge in [0, 0.05) is 11.7 Å². The van der Waals surface area contributed by atoms with Crippen molar-refractivity contribution in [2.75, 3.05) is 6.61 Å². The molecule has 2 N–H and O–H groups in total. The lowest BCUT2D eigenvalue weighted by atomic mass is 10.3. The smallest absolute Gasteiger partial charge is 0.271 e. The highest BCUT2D eigenvalue weighted by molar-refractivity contribution is 6.33. The Morgan fingerprint density at radius 1 is 1.48 bits per heavy atom. The van der Waals surface area contributed by atoms with Gasteiger partial charge in [-0.1, -0.05) is 11.6 Å². The minimum absolute atomic E-state index is 0.113. The molecule has 0 aromatic carbocycles. The van der Waals surface area contributed by atoms with Crippen molar-refractivity contribution < 1.29 is 9.90 Å². The Morgan fingerprint density at radius 3 is 2.76 bits per heavy atom. The fourth-order valence-electron chi connectivity index (χ4n) is 1.91. The maximum Gasteiger partial charge on any atom is 0.271 e. The number of aliphatic hydroxyl groups is 1. The van der Waals surface area contributed by atoms with Gasteiger partial charge in [0.15, 0.2) is 5.82 Å². The van der Waals surface area contributed by atoms with E-state index in [1.807, 2.05) is 19.9 Å². The molecule has 0 radical (unpaired) electrons. The number of aryl methyl sites for hydroxylation is 2. The molecule has 2 aromatic heterocycles. The predicted octanol–water partition coefficient (Wildman–Crippen LogP) is 1.65. The van der Waals surface area contributed by atoms with Gasteiger partial charge in [-0.25, -0.2) is 9.67 Å². The number of carbonyl (C=O) groups is 1. The summed E-state index contributed by atoms with van der Waals surface area (Å²) < 4.78 is 1.65. The van der Waals surface area contributed by atoms with E-state index in [0.717, 1.165) is 11.4 Å². The summed E-state index contributed by atoms with van der Waals surface area (Å²) in [7, 11) is 0. The molecule has 0 saturated carbocycles. The number of carbonyl (C=O) groups excluding carboxylic acids is 1. The molecule has 0 fully saturated rings. The number of nitrogens with zero attached hydrogens (tertiary/aromatic N) is 3. The molecule has 2 rings (SSSR count). The van der Waals surface area contributed by atoms with Crippen LogP contribution >= 0.6 is 11.6 Å². The van der Waals surface area contributed by atoms with Crippen molar-refractivity contribution in [3.8, 4) is 5.82 Å². The Balaban J connectivity index is 2.38. The molecule has 7 heteroatoms. The first-order valence-electron chi connectivity index (χ1n) is 6.54. The first-order valence-corrected chi connectivity index (χ1v) is 6.92. The summed E-state index contributed by atoms with van der Waals surface area (Å²) in [5, 5.41) is 16.2. The highest BCUT2D eigenvalue weighted by Gasteiger charge is 2.16. The van der Waals surface area contributed by atoms with E-state index in [1.165, 1.54) is 0 Å². The van der Waals surface area contributed by atoms with Gasteiger partial charge in [-0.15, -0.1) is 0 Å². The zero-order valence-electron chi connectivity index (χ0n) is 12.1. The first-order chi connectivity index (χ1) is 9.92. The maximum atomic E-state index is 12.1. The van der Waals surface area contributed by atoms with E-state index in [2.05, 4.69) is 15.4 Å². The number of hydrogen-bond donors (Lipinski definition) is 2. The molecular weight excluding hydrogens is 292 g/mol. The average molecular weight is 309 g/mol. The van der Waals surface area contributed by atoms with Crippen LogP contribution in [0.3, 0.4) is 0 Å². The van der Waals surface area contributed by atoms with E-state index >= 15 is 0 Å². The molecule has 2 heterocycles. The highest BCUT2D eigenvalue weighted by atomic mass is 35.5. The number of halogens is 1. The van der Waals surface area contributed by atoms with Gasteiger partial charge in [-0.3, -0.25) is 4.79 Å². The van der Waals surface area contributed by atoms with Crippen LogP contribution < -0.4 is 5.32 Å². The Hall–Kier alpha value is -1.92. The van der Waals surface area contributed by atoms with Crippen molar-refractivity contribution in [2.24, 2.45) is 0 Å². The van der Waals surface area contributed by atoms with Crippen molar-refractivity contribution in [1.82, 2.24) is 20.1 Å². The van der Waals surface area contributed by atoms with E-state index in [4.69, 9.17) is 16.7 Å². The second kappa shape index (κ2) is 6.24. The summed E-state index contributed by atoms with van der Waals surface area (Å²) in [6.45, 7) is 5.33. The largest absolute Gasteiger partial charge is 0.394 e. The minimum Gasteiger partial charge on any atom is -0.394 e. The zero-order chi connectivity index (χ0) is 15.6. The number of nitrogens with one attached hydrogen (secondary N) is 1. The van der Waals surface area contributed by atoms with Gasteiger partial charge in [-0.2, -0.15) is 5.10 Å². The summed E-state index contributed by atoms with van der Waals surface area (Å²) in [6, 6.07) is 4.87. The Morgan fingerprint density at radius 2 is 2.19 bits per heavy atom. The molecule has 1 atom stereocenters. The van der Waals surface area contributed by atoms with Crippen molar-refractivity contribution in [3.05, 3.63) is 40.3 Å². The summed E-state index contributed by atoms with van der Waals surface area (Å²) >= 11 is 6.03. The topological polar surface area (TPSA) is 80.0 Å². The van der Waals surface area contributed by atoms with Crippen LogP contribution in [-0.4, -0.2) is 38.4 Å². The van der Waals surface area contributed by atoms with E-state index < -0.39 is 5.91 Å². The predicted molar refractivity (Wildman–Crippen MR) is 79.9 cm³/mol. The van der Waals surface area contributed by atoms with E-state index in [9.17, 15) is 4.79 Å². The Bertz CT molecular complexity index is 669. The number of rotatable bonds is 4. The van der Waals surface area contributed by atoms with E-state index in [0.29, 0.717) is 5.82 Å². The van der Waals surface area contributed by atoms with Gasteiger partial charge in [0.2, 0.25) is 0 Å². The van der Waals surface area contributed by atoms with Crippen molar-refractivity contribution in [3.63, 3.8) is 0 Å². The summed E-state index contributed by atoms with van der Waals surface area (Å²) in [4.78, 5) is 16.4. The van der Waals surface area contributed by atoms with E-state index in [-0.39, 0.29) is 23.4 Å². The van der Waals surface area contributed by atoms with Crippen LogP contribution in [0.5, 0.6) is 0 Å². The van der Waals surface area contributed by atoms with Gasteiger partial charge in [0.1, 0.15) is 5.69 Å². The molecular formula is C14H17ClN4O2. The van der Waals surface area contributed by atoms with Crippen LogP contribution in [0.4, 0.5) is 0 Å². The zero-order valence-corrected chi connectivity index (χ0v) is 12.8. The molecule has 0 aliphatic carbocycles. The van der Waals surface area contributed by atoms with Crippen molar-refractivity contribution in [2.45, 2.75) is 26.8 Å². The fraction of sp³-hybridized carbons (Fsp3) is 0.357. The first kappa shape index (κ1) is 15.5. The van der Waals surface area contributed by atoms with Gasteiger partial charge in [0.25, 0.3) is 5.91 Å². The molecule has 0 bridgehead atoms. The molecule has 6 nitrogen and oxygen atoms in total. The van der Waals surface area contributed by atoms with Crippen molar-refractivity contribution in [1.29, 1.82) is 0 Å². The molecule has 1 amide bonds. The molecule has 2 aromatic rings. The second-order valence-corrected chi connectivity index (χ2v) is 5.30. The lowest BCUT2D eigenvalue weighted by molar-refractivity contribution is 0.0917. The van der Waals surface area contributed by atoms with Gasteiger partial charge >= 0.3 is 0 Å². The minimum atomic E-state index is -0.426. The quantitative estimate of drug-likeness (QED) is 0.900. The number of aromatic nitrogens is 3. The van der Waals surface area contributed by atoms with E-state index in [1.54, 1.807) is 23.7 Å². The van der Waals surface area contributed by atoms with Crippen LogP contribution in [0.2, 0.25) is 5.02 Å². The lowest BCUT2D eigenvalue weighted by Crippen LogP contribution is -2.35. The molecule has 0 saturated heterocycles. The Kier molecular flexibility index (Phi) is 4.59. The SMILES string of the molecule is Cc1cc(C)n(-c2ccc(Cl)c(C(=O)NC(C)CO)n2)n1. The second-order valence-electron chi connectivity index (χ2n) is 4.90. The molecule has 0 aliphatic heterocycles. The molecule has 1 unspecified atom stereocenters. The van der Waals surface area contributed by atoms with Crippen LogP contribution in [0.25, 0.3) is 5.82 Å². The molecule has 0 aliphatic rings. The fourth-order valence-corrected chi connectivity index (χ4v) is 2.10. The average Bonchev–Trinajstić information content (AvgIpc) is 2.78. The Labute approximate surface area is 127 Å². The number of pyridine rings is 1. The van der Waals surface area contributed by atoms with Crippen LogP contribution in [0, 0.1) is 13.8 Å². The number of aliphatic hydroxyl groups excluding tert-OH is 1. The van der Waals surface area contributed by atoms with Crippen LogP contribution in [0.1, 0.15) is 28.8 Å². The third-order valence-corrected chi connectivity index (χ3v) is 3.23. The monoisotopic (exact) mass is 308 g/mol. The summed E-state index contributed by atoms with van der Waals surface area (Å²) in [6.07, 6.45) is 0. The van der Waals surface area contributed by atoms with Crippen LogP contribution in [0.15, 0.2) is 18.2 Å². The van der Waals surface area contributed by atoms with Gasteiger partial charge in [0.05, 0.1) is 17.3 Å². The maximum absolute atomic E-state index is 12.1. The van der Waals surface area contributed by atoms with Gasteiger partial charge in [-0.05, 0) is 39.0 Å². The van der Waals surface area contributed by atoms with Crippen LogP contribution in [-0.2, 0) is 0 Å². The highest BCUT2D eigenvalue weighted by Crippen LogP contribution is 2.17. The standard InChI is InChI=1S/C14H17ClN4O2/c1-8-6-10(3)19(18-8)12-5-4-11(15)13(17-12)14(21)16-9(2)7-20/h4-6,9,20H,7H2,1-3H3,(H,16,21). The number of hydrogen-bond acceptors (Lipinski definition) is 4. The molecule has 112 valence electrons. The van der Waals surface area contributed by atoms with Gasteiger partial charge < -0.3 is 10.4 Å². The third-order valence-electron chi connectivity index (χ3n) is 2.92. The molecule has 21 heavy (non-hydrogen) atoms. The summed E-state index contributed by atoms with van der Waals surface area (Å²) in [5.41, 5.74) is 1.89. The lowest BCUT2D eigenvalue weighted by Gasteiger charge is -2.12. The number of amides is 1. The molecule has 0 spiro atoms. The van der Waals surface area contributed by atoms with Crippen molar-refractivity contribution >= 4 is 17.5 Å². The normalized spacial score (nSPS) is 12.2. The summed E-state index contributed by atoms with van der Waals surface area (Å²) in [5.74, 6) is 0.0942. The third kappa shape index (κ3) is 3.40.